The van der Waals surface area contributed by atoms with E-state index in [1.165, 1.54) is 0 Å². The number of fused-ring (bicyclic) bond motifs is 6. The minimum atomic E-state index is -1.29. The first kappa shape index (κ1) is 29.7. The summed E-state index contributed by atoms with van der Waals surface area (Å²) in [6, 6.07) is -1.54. The predicted octanol–water partition coefficient (Wildman–Crippen LogP) is -2.80. The minimum absolute atomic E-state index is 0.0497. The minimum Gasteiger partial charge on any atom is -0.388 e. The Bertz CT molecular complexity index is 1040. The van der Waals surface area contributed by atoms with E-state index in [2.05, 4.69) is 15.5 Å². The molecule has 6 aliphatic heterocycles. The van der Waals surface area contributed by atoms with Gasteiger partial charge >= 0.3 is 0 Å². The lowest BCUT2D eigenvalue weighted by Gasteiger charge is -2.44. The van der Waals surface area contributed by atoms with Crippen molar-refractivity contribution in [3.05, 3.63) is 0 Å². The number of piperazine rings is 1. The van der Waals surface area contributed by atoms with Gasteiger partial charge in [0.15, 0.2) is 0 Å². The van der Waals surface area contributed by atoms with Gasteiger partial charge in [-0.3, -0.25) is 24.1 Å². The van der Waals surface area contributed by atoms with Crippen molar-refractivity contribution in [1.82, 2.24) is 25.3 Å². The van der Waals surface area contributed by atoms with Crippen LogP contribution in [0.25, 0.3) is 0 Å². The number of hydrogen-bond donors (Lipinski definition) is 4. The first-order valence-electron chi connectivity index (χ1n) is 15.4. The Kier molecular flexibility index (Phi) is 8.98. The number of carbonyl (C=O) groups is 4. The molecule has 7 atom stereocenters. The smallest absolute Gasteiger partial charge is 0.244 e. The Labute approximate surface area is 245 Å². The van der Waals surface area contributed by atoms with Crippen molar-refractivity contribution in [3.8, 4) is 0 Å². The summed E-state index contributed by atoms with van der Waals surface area (Å²) >= 11 is 0. The molecule has 0 aromatic carbocycles. The maximum absolute atomic E-state index is 14.1. The summed E-state index contributed by atoms with van der Waals surface area (Å²) in [6.45, 7) is 3.18. The van der Waals surface area contributed by atoms with E-state index in [0.717, 1.165) is 12.8 Å². The van der Waals surface area contributed by atoms with Crippen LogP contribution in [0, 0.1) is 5.92 Å². The summed E-state index contributed by atoms with van der Waals surface area (Å²) in [5.74, 6) is -1.23. The first-order chi connectivity index (χ1) is 20.3. The topological polar surface area (TPSA) is 170 Å². The van der Waals surface area contributed by atoms with Gasteiger partial charge in [-0.15, -0.1) is 0 Å². The predicted molar refractivity (Wildman–Crippen MR) is 145 cm³/mol. The van der Waals surface area contributed by atoms with E-state index in [1.807, 2.05) is 0 Å². The van der Waals surface area contributed by atoms with Gasteiger partial charge in [-0.25, -0.2) is 0 Å². The zero-order valence-corrected chi connectivity index (χ0v) is 23.9. The van der Waals surface area contributed by atoms with E-state index in [0.29, 0.717) is 58.8 Å². The number of nitrogens with zero attached hydrogens (tertiary/aromatic N) is 3. The van der Waals surface area contributed by atoms with Crippen molar-refractivity contribution in [2.24, 2.45) is 5.92 Å². The first-order valence-corrected chi connectivity index (χ1v) is 15.4. The van der Waals surface area contributed by atoms with Crippen LogP contribution < -0.4 is 10.6 Å². The Hall–Kier alpha value is -2.36. The monoisotopic (exact) mass is 593 g/mol. The normalized spacial score (nSPS) is 38.0. The fraction of sp³-hybridized carbons (Fsp3) is 0.857. The number of hydrogen-bond acceptors (Lipinski definition) is 10. The number of rotatable bonds is 2. The van der Waals surface area contributed by atoms with Crippen molar-refractivity contribution in [3.63, 3.8) is 0 Å². The van der Waals surface area contributed by atoms with E-state index in [1.54, 1.807) is 9.80 Å². The molecule has 0 aliphatic carbocycles. The summed E-state index contributed by atoms with van der Waals surface area (Å²) in [5.41, 5.74) is 0. The van der Waals surface area contributed by atoms with Gasteiger partial charge in [0, 0.05) is 70.6 Å². The molecule has 234 valence electrons. The molecule has 6 aliphatic rings. The van der Waals surface area contributed by atoms with Gasteiger partial charge in [-0.1, -0.05) is 0 Å². The molecule has 6 fully saturated rings. The second kappa shape index (κ2) is 12.7. The molecule has 42 heavy (non-hydrogen) atoms. The molecule has 14 nitrogen and oxygen atoms in total. The maximum Gasteiger partial charge on any atom is 0.244 e. The highest BCUT2D eigenvalue weighted by molar-refractivity contribution is 5.91. The second-order valence-electron chi connectivity index (χ2n) is 12.4. The van der Waals surface area contributed by atoms with E-state index in [4.69, 9.17) is 14.2 Å². The molecule has 6 rings (SSSR count). The third-order valence-corrected chi connectivity index (χ3v) is 9.82. The molecule has 4 amide bonds. The van der Waals surface area contributed by atoms with Crippen molar-refractivity contribution >= 4 is 23.6 Å². The van der Waals surface area contributed by atoms with Crippen LogP contribution in [0.3, 0.4) is 0 Å². The second-order valence-corrected chi connectivity index (χ2v) is 12.4. The average Bonchev–Trinajstić information content (AvgIpc) is 3.55. The lowest BCUT2D eigenvalue weighted by Crippen LogP contribution is -2.64. The van der Waals surface area contributed by atoms with E-state index < -0.39 is 42.4 Å². The quantitative estimate of drug-likeness (QED) is 0.262. The zero-order valence-electron chi connectivity index (χ0n) is 23.9. The number of nitrogens with one attached hydrogen (secondary N) is 2. The number of aliphatic hydroxyl groups excluding tert-OH is 2. The molecule has 14 heteroatoms. The Balaban J connectivity index is 1.27. The van der Waals surface area contributed by atoms with Crippen LogP contribution in [0.15, 0.2) is 0 Å². The number of amides is 4. The third-order valence-electron chi connectivity index (χ3n) is 9.82. The fourth-order valence-corrected chi connectivity index (χ4v) is 7.44. The zero-order chi connectivity index (χ0) is 29.4. The molecular weight excluding hydrogens is 550 g/mol. The van der Waals surface area contributed by atoms with Gasteiger partial charge in [-0.05, 0) is 32.1 Å². The SMILES string of the molecule is O=C1C[C@@H]2O[C@H](CNC(=O)[C@@H]3CN(CCN3C(=O)C3CCOCC3)C(=O)[C@@H]3C[C@@H](CN3C3CCOCC3)N1)[C@@H](O)[C@H]2O. The van der Waals surface area contributed by atoms with E-state index in [9.17, 15) is 29.4 Å². The van der Waals surface area contributed by atoms with Gasteiger partial charge < -0.3 is 44.9 Å². The molecule has 0 aromatic rings. The molecular formula is C28H43N5O9. The molecule has 4 N–H and O–H groups in total. The summed E-state index contributed by atoms with van der Waals surface area (Å²) in [6.07, 6.45) is -1.44. The van der Waals surface area contributed by atoms with Crippen LogP contribution in [0.5, 0.6) is 0 Å². The number of carbonyl (C=O) groups excluding carboxylic acids is 4. The van der Waals surface area contributed by atoms with Crippen molar-refractivity contribution in [1.29, 1.82) is 0 Å². The fourth-order valence-electron chi connectivity index (χ4n) is 7.44. The highest BCUT2D eigenvalue weighted by Gasteiger charge is 2.48. The van der Waals surface area contributed by atoms with Crippen LogP contribution in [0.1, 0.15) is 38.5 Å². The van der Waals surface area contributed by atoms with E-state index >= 15 is 0 Å². The van der Waals surface area contributed by atoms with Crippen molar-refractivity contribution in [2.75, 3.05) is 59.2 Å². The molecule has 6 heterocycles. The molecule has 0 spiro atoms. The summed E-state index contributed by atoms with van der Waals surface area (Å²) in [7, 11) is 0. The van der Waals surface area contributed by atoms with Gasteiger partial charge in [0.05, 0.1) is 25.1 Å². The number of likely N-dealkylation sites (tertiary alicyclic amines) is 1. The van der Waals surface area contributed by atoms with Crippen LogP contribution in [-0.2, 0) is 33.4 Å². The highest BCUT2D eigenvalue weighted by Crippen LogP contribution is 2.30. The Morgan fingerprint density at radius 1 is 0.857 bits per heavy atom. The van der Waals surface area contributed by atoms with Crippen LogP contribution in [-0.4, -0.2) is 156 Å². The van der Waals surface area contributed by atoms with Gasteiger partial charge in [0.2, 0.25) is 23.6 Å². The van der Waals surface area contributed by atoms with Crippen molar-refractivity contribution in [2.45, 2.75) is 87.1 Å². The standard InChI is InChI=1S/C28H43N5O9/c34-23-12-21-24(35)25(36)22(42-21)13-29-26(37)20-15-31(5-6-32(20)27(38)16-1-7-40-8-2-16)28(39)19-11-17(30-23)14-33(19)18-3-9-41-10-4-18/h16-22,24-25,35-36H,1-15H2,(H,29,37)(H,30,34)/t17-,19-,20-,21-,22+,24-,25+/m0/s1. The lowest BCUT2D eigenvalue weighted by atomic mass is 9.96. The van der Waals surface area contributed by atoms with Crippen LogP contribution in [0.2, 0.25) is 0 Å². The van der Waals surface area contributed by atoms with Crippen molar-refractivity contribution < 1.29 is 43.6 Å². The third kappa shape index (κ3) is 6.02. The summed E-state index contributed by atoms with van der Waals surface area (Å²) in [4.78, 5) is 59.8. The molecule has 0 aromatic heterocycles. The number of aliphatic hydroxyl groups is 2. The largest absolute Gasteiger partial charge is 0.388 e. The van der Waals surface area contributed by atoms with Gasteiger partial charge in [0.25, 0.3) is 0 Å². The highest BCUT2D eigenvalue weighted by atomic mass is 16.5. The summed E-state index contributed by atoms with van der Waals surface area (Å²) < 4.78 is 16.8. The lowest BCUT2D eigenvalue weighted by molar-refractivity contribution is -0.154. The molecule has 6 saturated heterocycles. The molecule has 0 unspecified atom stereocenters. The maximum atomic E-state index is 14.1. The molecule has 6 bridgehead atoms. The van der Waals surface area contributed by atoms with E-state index in [-0.39, 0.29) is 61.8 Å². The Morgan fingerprint density at radius 3 is 2.29 bits per heavy atom. The Morgan fingerprint density at radius 2 is 1.55 bits per heavy atom. The van der Waals surface area contributed by atoms with Gasteiger partial charge in [-0.2, -0.15) is 0 Å². The molecule has 0 saturated carbocycles. The van der Waals surface area contributed by atoms with Gasteiger partial charge in [0.1, 0.15) is 24.4 Å². The van der Waals surface area contributed by atoms with Crippen LogP contribution in [0.4, 0.5) is 0 Å². The summed E-state index contributed by atoms with van der Waals surface area (Å²) in [5, 5.41) is 27.0. The molecule has 0 radical (unpaired) electrons. The average molecular weight is 594 g/mol. The van der Waals surface area contributed by atoms with Crippen LogP contribution >= 0.6 is 0 Å². The number of ether oxygens (including phenoxy) is 3.